The number of H-pyrrole nitrogens is 1. The van der Waals surface area contributed by atoms with Crippen LogP contribution in [-0.2, 0) is 4.79 Å². The van der Waals surface area contributed by atoms with Crippen LogP contribution in [0.2, 0.25) is 5.02 Å². The molecule has 2 aliphatic rings. The summed E-state index contributed by atoms with van der Waals surface area (Å²) in [5.74, 6) is -0.625. The van der Waals surface area contributed by atoms with Crippen LogP contribution in [0.1, 0.15) is 42.5 Å². The predicted molar refractivity (Wildman–Crippen MR) is 137 cm³/mol. The monoisotopic (exact) mass is 493 g/mol. The minimum Gasteiger partial charge on any atom is -0.360 e. The Bertz CT molecular complexity index is 1260. The topological polar surface area (TPSA) is 106 Å². The Labute approximate surface area is 208 Å². The molecule has 1 aromatic heterocycles. The van der Waals surface area contributed by atoms with Gasteiger partial charge in [-0.15, -0.1) is 0 Å². The van der Waals surface area contributed by atoms with Crippen molar-refractivity contribution >= 4 is 51.7 Å². The van der Waals surface area contributed by atoms with Gasteiger partial charge in [0.2, 0.25) is 5.91 Å². The van der Waals surface area contributed by atoms with Gasteiger partial charge in [-0.2, -0.15) is 0 Å². The maximum absolute atomic E-state index is 13.2. The number of hydrogen-bond acceptors (Lipinski definition) is 3. The van der Waals surface area contributed by atoms with Crippen molar-refractivity contribution in [2.75, 3.05) is 23.3 Å². The Morgan fingerprint density at radius 1 is 1.03 bits per heavy atom. The van der Waals surface area contributed by atoms with Crippen LogP contribution in [-0.4, -0.2) is 42.0 Å². The fourth-order valence-corrected chi connectivity index (χ4v) is 5.16. The average Bonchev–Trinajstić information content (AvgIpc) is 3.25. The van der Waals surface area contributed by atoms with Crippen molar-refractivity contribution in [3.05, 3.63) is 59.2 Å². The summed E-state index contributed by atoms with van der Waals surface area (Å²) in [7, 11) is 0. The van der Waals surface area contributed by atoms with E-state index in [1.807, 2.05) is 30.3 Å². The second kappa shape index (κ2) is 10.00. The first-order valence-electron chi connectivity index (χ1n) is 12.0. The fraction of sp³-hybridized carbons (Fsp3) is 0.346. The quantitative estimate of drug-likeness (QED) is 0.415. The molecule has 0 bridgehead atoms. The second-order valence-corrected chi connectivity index (χ2v) is 9.55. The van der Waals surface area contributed by atoms with E-state index < -0.39 is 0 Å². The summed E-state index contributed by atoms with van der Waals surface area (Å²) >= 11 is 6.14. The molecule has 4 N–H and O–H groups in total. The highest BCUT2D eigenvalue weighted by molar-refractivity contribution is 6.35. The Balaban J connectivity index is 1.24. The van der Waals surface area contributed by atoms with Crippen LogP contribution < -0.4 is 20.9 Å². The van der Waals surface area contributed by atoms with Gasteiger partial charge in [0, 0.05) is 53.2 Å². The zero-order chi connectivity index (χ0) is 24.4. The van der Waals surface area contributed by atoms with E-state index >= 15 is 0 Å². The zero-order valence-electron chi connectivity index (χ0n) is 19.3. The molecule has 9 heteroatoms. The first kappa shape index (κ1) is 23.2. The highest BCUT2D eigenvalue weighted by Gasteiger charge is 2.32. The van der Waals surface area contributed by atoms with Crippen molar-refractivity contribution in [1.82, 2.24) is 15.6 Å². The molecule has 35 heavy (non-hydrogen) atoms. The molecule has 182 valence electrons. The van der Waals surface area contributed by atoms with Crippen LogP contribution in [0, 0.1) is 5.92 Å². The molecule has 4 amide bonds. The predicted octanol–water partition coefficient (Wildman–Crippen LogP) is 4.67. The van der Waals surface area contributed by atoms with Gasteiger partial charge in [-0.05, 0) is 55.7 Å². The number of carbonyl (C=O) groups excluding carboxylic acids is 3. The van der Waals surface area contributed by atoms with Gasteiger partial charge in [0.05, 0.1) is 10.9 Å². The van der Waals surface area contributed by atoms with E-state index in [4.69, 9.17) is 11.6 Å². The molecule has 0 radical (unpaired) electrons. The number of aromatic nitrogens is 1. The van der Waals surface area contributed by atoms with Crippen molar-refractivity contribution in [2.45, 2.75) is 38.1 Å². The summed E-state index contributed by atoms with van der Waals surface area (Å²) in [6, 6.07) is 12.3. The van der Waals surface area contributed by atoms with Crippen molar-refractivity contribution in [2.24, 2.45) is 5.92 Å². The molecule has 1 saturated heterocycles. The third kappa shape index (κ3) is 4.98. The van der Waals surface area contributed by atoms with E-state index in [1.165, 1.54) is 0 Å². The van der Waals surface area contributed by atoms with Crippen molar-refractivity contribution < 1.29 is 14.4 Å². The van der Waals surface area contributed by atoms with Crippen molar-refractivity contribution in [3.8, 4) is 0 Å². The van der Waals surface area contributed by atoms with Crippen molar-refractivity contribution in [3.63, 3.8) is 0 Å². The normalized spacial score (nSPS) is 20.4. The summed E-state index contributed by atoms with van der Waals surface area (Å²) in [6.07, 6.45) is 5.97. The zero-order valence-corrected chi connectivity index (χ0v) is 20.0. The van der Waals surface area contributed by atoms with Gasteiger partial charge in [-0.3, -0.25) is 14.5 Å². The highest BCUT2D eigenvalue weighted by atomic mass is 35.5. The van der Waals surface area contributed by atoms with Crippen LogP contribution in [0.3, 0.4) is 0 Å². The summed E-state index contributed by atoms with van der Waals surface area (Å²) in [6.45, 7) is 1.36. The lowest BCUT2D eigenvalue weighted by molar-refractivity contribution is -0.121. The highest BCUT2D eigenvalue weighted by Crippen LogP contribution is 2.28. The number of anilines is 2. The number of nitrogens with zero attached hydrogens (tertiary/aromatic N) is 1. The molecule has 5 rings (SSSR count). The van der Waals surface area contributed by atoms with E-state index in [0.29, 0.717) is 35.8 Å². The van der Waals surface area contributed by atoms with Gasteiger partial charge in [0.25, 0.3) is 5.91 Å². The smallest absolute Gasteiger partial charge is 0.321 e. The molecule has 3 aromatic rings. The number of rotatable bonds is 5. The van der Waals surface area contributed by atoms with Gasteiger partial charge >= 0.3 is 6.03 Å². The largest absolute Gasteiger partial charge is 0.360 e. The number of carbonyl (C=O) groups is 3. The average molecular weight is 494 g/mol. The Morgan fingerprint density at radius 3 is 2.63 bits per heavy atom. The molecule has 8 nitrogen and oxygen atoms in total. The third-order valence-corrected chi connectivity index (χ3v) is 7.15. The third-order valence-electron chi connectivity index (χ3n) is 6.84. The van der Waals surface area contributed by atoms with Gasteiger partial charge in [-0.25, -0.2) is 4.79 Å². The van der Waals surface area contributed by atoms with Gasteiger partial charge in [0.1, 0.15) is 0 Å². The lowest BCUT2D eigenvalue weighted by atomic mass is 9.83. The van der Waals surface area contributed by atoms with Gasteiger partial charge in [-0.1, -0.05) is 30.5 Å². The molecule has 2 heterocycles. The fourth-order valence-electron chi connectivity index (χ4n) is 4.94. The van der Waals surface area contributed by atoms with Gasteiger partial charge < -0.3 is 20.9 Å². The second-order valence-electron chi connectivity index (χ2n) is 9.14. The molecule has 2 atom stereocenters. The number of urea groups is 1. The lowest BCUT2D eigenvalue weighted by Gasteiger charge is -2.31. The summed E-state index contributed by atoms with van der Waals surface area (Å²) < 4.78 is 0. The van der Waals surface area contributed by atoms with E-state index in [0.717, 1.165) is 42.3 Å². The van der Waals surface area contributed by atoms with E-state index in [-0.39, 0.29) is 29.8 Å². The molecular formula is C26H28ClN5O3. The van der Waals surface area contributed by atoms with E-state index in [2.05, 4.69) is 20.9 Å². The summed E-state index contributed by atoms with van der Waals surface area (Å²) in [5.41, 5.74) is 2.79. The van der Waals surface area contributed by atoms with Crippen LogP contribution in [0.4, 0.5) is 16.2 Å². The van der Waals surface area contributed by atoms with E-state index in [1.54, 1.807) is 23.2 Å². The van der Waals surface area contributed by atoms with Gasteiger partial charge in [0.15, 0.2) is 0 Å². The molecule has 2 fully saturated rings. The lowest BCUT2D eigenvalue weighted by Crippen LogP contribution is -2.46. The molecular weight excluding hydrogens is 466 g/mol. The molecule has 0 spiro atoms. The van der Waals surface area contributed by atoms with Crippen molar-refractivity contribution in [1.29, 1.82) is 0 Å². The summed E-state index contributed by atoms with van der Waals surface area (Å²) in [4.78, 5) is 43.0. The minimum absolute atomic E-state index is 0.104. The molecule has 1 aliphatic heterocycles. The van der Waals surface area contributed by atoms with Crippen LogP contribution in [0.25, 0.3) is 10.9 Å². The SMILES string of the molecule is O=C(N[C@@H]1CCCC[C@@H]1C(=O)Nc1ccc(N2CCCNC2=O)cc1)c1ccc2c(Cl)c[nH]c2c1. The van der Waals surface area contributed by atoms with Crippen LogP contribution >= 0.6 is 11.6 Å². The number of halogens is 1. The number of benzene rings is 2. The molecule has 0 unspecified atom stereocenters. The first-order valence-corrected chi connectivity index (χ1v) is 12.4. The molecule has 2 aromatic carbocycles. The van der Waals surface area contributed by atoms with Crippen LogP contribution in [0.15, 0.2) is 48.7 Å². The van der Waals surface area contributed by atoms with E-state index in [9.17, 15) is 14.4 Å². The van der Waals surface area contributed by atoms with Crippen LogP contribution in [0.5, 0.6) is 0 Å². The Hall–Kier alpha value is -3.52. The number of amides is 4. The number of aromatic amines is 1. The Morgan fingerprint density at radius 2 is 1.83 bits per heavy atom. The first-order chi connectivity index (χ1) is 17.0. The number of fused-ring (bicyclic) bond motifs is 1. The Kier molecular flexibility index (Phi) is 6.63. The summed E-state index contributed by atoms with van der Waals surface area (Å²) in [5, 5.41) is 10.4. The minimum atomic E-state index is -0.316. The number of hydrogen-bond donors (Lipinski definition) is 4. The maximum Gasteiger partial charge on any atom is 0.321 e. The number of nitrogens with one attached hydrogen (secondary N) is 4. The molecule has 1 saturated carbocycles. The maximum atomic E-state index is 13.2. The molecule has 1 aliphatic carbocycles. The standard InChI is InChI=1S/C26H28ClN5O3/c27-21-15-29-23-14-16(6-11-19(21)23)24(33)31-22-5-2-1-4-20(22)25(34)30-17-7-9-18(10-8-17)32-13-3-12-28-26(32)35/h6-11,14-15,20,22,29H,1-5,12-13H2,(H,28,35)(H,30,34)(H,31,33)/t20-,22+/m0/s1.